The summed E-state index contributed by atoms with van der Waals surface area (Å²) in [6, 6.07) is 20.3. The zero-order valence-electron chi connectivity index (χ0n) is 18.5. The highest BCUT2D eigenvalue weighted by Gasteiger charge is 2.36. The Morgan fingerprint density at radius 2 is 1.76 bits per heavy atom. The molecule has 1 unspecified atom stereocenters. The molecule has 34 heavy (non-hydrogen) atoms. The van der Waals surface area contributed by atoms with Gasteiger partial charge >= 0.3 is 0 Å². The van der Waals surface area contributed by atoms with Gasteiger partial charge in [0.05, 0.1) is 29.4 Å². The minimum atomic E-state index is -1.15. The normalized spacial score (nSPS) is 13.2. The van der Waals surface area contributed by atoms with Crippen LogP contribution in [0.3, 0.4) is 0 Å². The van der Waals surface area contributed by atoms with E-state index in [9.17, 15) is 4.79 Å². The average molecular weight is 490 g/mol. The first-order valence-corrected chi connectivity index (χ1v) is 11.3. The molecular formula is C26H21Cl2N5O. The van der Waals surface area contributed by atoms with Gasteiger partial charge in [-0.25, -0.2) is 9.97 Å². The Kier molecular flexibility index (Phi) is 5.52. The van der Waals surface area contributed by atoms with Crippen LogP contribution < -0.4 is 11.3 Å². The Labute approximate surface area is 206 Å². The van der Waals surface area contributed by atoms with E-state index in [1.807, 2.05) is 60.1 Å². The van der Waals surface area contributed by atoms with Crippen molar-refractivity contribution in [2.75, 3.05) is 0 Å². The van der Waals surface area contributed by atoms with Gasteiger partial charge in [0.15, 0.2) is 0 Å². The summed E-state index contributed by atoms with van der Waals surface area (Å²) in [6.45, 7) is 0. The molecule has 3 aromatic heterocycles. The standard InChI is InChI=1S/C26H21Cl2N5O/c1-32-15-30-14-23(32)26(29,22-7-4-8-24(28)31-22)17-9-10-21-20(12-17)19(13-25(34)33(21)2)16-5-3-6-18(27)11-16/h3-15H,29H2,1-2H3. The summed E-state index contributed by atoms with van der Waals surface area (Å²) in [5.41, 5.74) is 10.4. The number of pyridine rings is 2. The zero-order chi connectivity index (χ0) is 24.0. The van der Waals surface area contributed by atoms with Gasteiger partial charge in [-0.05, 0) is 53.1 Å². The first-order valence-electron chi connectivity index (χ1n) is 10.6. The lowest BCUT2D eigenvalue weighted by atomic mass is 9.83. The maximum Gasteiger partial charge on any atom is 0.251 e. The van der Waals surface area contributed by atoms with Crippen LogP contribution in [-0.2, 0) is 19.6 Å². The average Bonchev–Trinajstić information content (AvgIpc) is 3.27. The summed E-state index contributed by atoms with van der Waals surface area (Å²) in [7, 11) is 3.64. The van der Waals surface area contributed by atoms with Gasteiger partial charge in [0.2, 0.25) is 0 Å². The molecule has 0 aliphatic heterocycles. The fourth-order valence-corrected chi connectivity index (χ4v) is 4.75. The van der Waals surface area contributed by atoms with Crippen molar-refractivity contribution >= 4 is 34.1 Å². The molecule has 0 spiro atoms. The number of halogens is 2. The third-order valence-corrected chi connectivity index (χ3v) is 6.62. The largest absolute Gasteiger partial charge is 0.335 e. The number of aryl methyl sites for hydroxylation is 2. The maximum atomic E-state index is 12.8. The van der Waals surface area contributed by atoms with Gasteiger partial charge in [-0.3, -0.25) is 4.79 Å². The molecule has 1 atom stereocenters. The van der Waals surface area contributed by atoms with E-state index in [0.717, 1.165) is 33.3 Å². The highest BCUT2D eigenvalue weighted by molar-refractivity contribution is 6.31. The molecule has 0 fully saturated rings. The van der Waals surface area contributed by atoms with E-state index in [1.54, 1.807) is 42.3 Å². The lowest BCUT2D eigenvalue weighted by molar-refractivity contribution is 0.579. The molecule has 8 heteroatoms. The molecule has 0 saturated heterocycles. The first-order chi connectivity index (χ1) is 16.3. The van der Waals surface area contributed by atoms with Crippen LogP contribution in [0.2, 0.25) is 10.2 Å². The fourth-order valence-electron chi connectivity index (χ4n) is 4.39. The van der Waals surface area contributed by atoms with Crippen molar-refractivity contribution in [1.82, 2.24) is 19.1 Å². The number of hydrogen-bond acceptors (Lipinski definition) is 4. The highest BCUT2D eigenvalue weighted by Crippen LogP contribution is 2.37. The monoisotopic (exact) mass is 489 g/mol. The van der Waals surface area contributed by atoms with Crippen molar-refractivity contribution in [2.45, 2.75) is 5.54 Å². The van der Waals surface area contributed by atoms with Crippen molar-refractivity contribution in [3.05, 3.63) is 117 Å². The number of benzene rings is 2. The van der Waals surface area contributed by atoms with Crippen molar-refractivity contribution < 1.29 is 0 Å². The molecule has 0 radical (unpaired) electrons. The fraction of sp³-hybridized carbons (Fsp3) is 0.115. The van der Waals surface area contributed by atoms with E-state index in [-0.39, 0.29) is 5.56 Å². The molecule has 2 N–H and O–H groups in total. The molecule has 0 saturated carbocycles. The van der Waals surface area contributed by atoms with Gasteiger partial charge in [0.25, 0.3) is 5.56 Å². The second-order valence-electron chi connectivity index (χ2n) is 8.24. The lowest BCUT2D eigenvalue weighted by Crippen LogP contribution is -2.41. The van der Waals surface area contributed by atoms with Crippen molar-refractivity contribution in [2.24, 2.45) is 19.8 Å². The van der Waals surface area contributed by atoms with Gasteiger partial charge in [0.1, 0.15) is 10.7 Å². The number of nitrogens with two attached hydrogens (primary N) is 1. The molecule has 6 nitrogen and oxygen atoms in total. The van der Waals surface area contributed by atoms with Crippen molar-refractivity contribution in [3.63, 3.8) is 0 Å². The summed E-state index contributed by atoms with van der Waals surface area (Å²) in [4.78, 5) is 21.6. The number of imidazole rings is 1. The predicted molar refractivity (Wildman–Crippen MR) is 136 cm³/mol. The molecule has 170 valence electrons. The van der Waals surface area contributed by atoms with Crippen LogP contribution in [0.4, 0.5) is 0 Å². The smallest absolute Gasteiger partial charge is 0.251 e. The Bertz CT molecular complexity index is 1610. The van der Waals surface area contributed by atoms with E-state index in [2.05, 4.69) is 9.97 Å². The highest BCUT2D eigenvalue weighted by atomic mass is 35.5. The first kappa shape index (κ1) is 22.3. The summed E-state index contributed by atoms with van der Waals surface area (Å²) in [5.74, 6) is 0. The maximum absolute atomic E-state index is 12.8. The molecule has 0 amide bonds. The van der Waals surface area contributed by atoms with E-state index in [0.29, 0.717) is 15.9 Å². The molecule has 0 bridgehead atoms. The van der Waals surface area contributed by atoms with Crippen LogP contribution in [0.1, 0.15) is 17.0 Å². The van der Waals surface area contributed by atoms with Crippen LogP contribution in [0.25, 0.3) is 22.0 Å². The van der Waals surface area contributed by atoms with E-state index < -0.39 is 5.54 Å². The topological polar surface area (TPSA) is 78.7 Å². The second kappa shape index (κ2) is 8.40. The van der Waals surface area contributed by atoms with Crippen LogP contribution in [0, 0.1) is 0 Å². The number of hydrogen-bond donors (Lipinski definition) is 1. The predicted octanol–water partition coefficient (Wildman–Crippen LogP) is 4.89. The number of rotatable bonds is 4. The summed E-state index contributed by atoms with van der Waals surface area (Å²) < 4.78 is 3.48. The van der Waals surface area contributed by atoms with Gasteiger partial charge in [-0.15, -0.1) is 0 Å². The minimum Gasteiger partial charge on any atom is -0.335 e. The van der Waals surface area contributed by atoms with Gasteiger partial charge in [0, 0.05) is 30.6 Å². The number of fused-ring (bicyclic) bond motifs is 1. The van der Waals surface area contributed by atoms with Gasteiger partial charge in [-0.1, -0.05) is 47.5 Å². The molecule has 5 rings (SSSR count). The Morgan fingerprint density at radius 3 is 2.47 bits per heavy atom. The molecule has 5 aromatic rings. The van der Waals surface area contributed by atoms with Crippen LogP contribution >= 0.6 is 23.2 Å². The SMILES string of the molecule is Cn1cncc1C(N)(c1ccc2c(c1)c(-c1cccc(Cl)c1)cc(=O)n2C)c1cccc(Cl)n1. The second-order valence-corrected chi connectivity index (χ2v) is 9.06. The Balaban J connectivity index is 1.85. The van der Waals surface area contributed by atoms with Crippen LogP contribution in [0.5, 0.6) is 0 Å². The van der Waals surface area contributed by atoms with Crippen LogP contribution in [-0.4, -0.2) is 19.1 Å². The van der Waals surface area contributed by atoms with E-state index >= 15 is 0 Å². The Hall–Kier alpha value is -3.45. The third-order valence-electron chi connectivity index (χ3n) is 6.18. The van der Waals surface area contributed by atoms with Gasteiger partial charge in [-0.2, -0.15) is 0 Å². The Morgan fingerprint density at radius 1 is 0.971 bits per heavy atom. The van der Waals surface area contributed by atoms with Crippen LogP contribution in [0.15, 0.2) is 84.0 Å². The van der Waals surface area contributed by atoms with E-state index in [4.69, 9.17) is 28.9 Å². The lowest BCUT2D eigenvalue weighted by Gasteiger charge is -2.30. The van der Waals surface area contributed by atoms with Gasteiger partial charge < -0.3 is 14.9 Å². The minimum absolute atomic E-state index is 0.114. The molecule has 3 heterocycles. The summed E-state index contributed by atoms with van der Waals surface area (Å²) >= 11 is 12.5. The van der Waals surface area contributed by atoms with Crippen molar-refractivity contribution in [1.29, 1.82) is 0 Å². The van der Waals surface area contributed by atoms with E-state index in [1.165, 1.54) is 0 Å². The molecule has 0 aliphatic carbocycles. The van der Waals surface area contributed by atoms with Crippen molar-refractivity contribution in [3.8, 4) is 11.1 Å². The number of nitrogens with zero attached hydrogens (tertiary/aromatic N) is 4. The zero-order valence-corrected chi connectivity index (χ0v) is 20.0. The quantitative estimate of drug-likeness (QED) is 0.364. The number of aromatic nitrogens is 4. The summed E-state index contributed by atoms with van der Waals surface area (Å²) in [6.07, 6.45) is 3.43. The molecule has 2 aromatic carbocycles. The molecular weight excluding hydrogens is 469 g/mol. The third kappa shape index (κ3) is 3.60. The summed E-state index contributed by atoms with van der Waals surface area (Å²) in [5, 5.41) is 1.80. The molecule has 0 aliphatic rings.